The third-order valence-corrected chi connectivity index (χ3v) is 5.54. The monoisotopic (exact) mass is 500 g/mol. The van der Waals surface area contributed by atoms with Gasteiger partial charge in [-0.2, -0.15) is 5.10 Å². The van der Waals surface area contributed by atoms with Crippen molar-refractivity contribution >= 4 is 44.7 Å². The number of aromatic hydroxyl groups is 1. The first-order valence-electron chi connectivity index (χ1n) is 7.93. The molecule has 0 radical (unpaired) electrons. The summed E-state index contributed by atoms with van der Waals surface area (Å²) in [5, 5.41) is 30.1. The first-order valence-corrected chi connectivity index (χ1v) is 9.82. The number of nitrogens with zero attached hydrogens (tertiary/aromatic N) is 5. The van der Waals surface area contributed by atoms with Crippen molar-refractivity contribution in [1.82, 2.24) is 19.7 Å². The Morgan fingerprint density at radius 2 is 2.15 bits per heavy atom. The van der Waals surface area contributed by atoms with Gasteiger partial charge in [0.15, 0.2) is 5.13 Å². The summed E-state index contributed by atoms with van der Waals surface area (Å²) in [6, 6.07) is 2.70. The predicted octanol–water partition coefficient (Wildman–Crippen LogP) is 3.85. The highest BCUT2D eigenvalue weighted by Crippen LogP contribution is 2.35. The van der Waals surface area contributed by atoms with Crippen LogP contribution >= 0.6 is 33.9 Å². The summed E-state index contributed by atoms with van der Waals surface area (Å²) in [6.07, 6.45) is 3.07. The van der Waals surface area contributed by atoms with Crippen molar-refractivity contribution in [1.29, 1.82) is 0 Å². The molecule has 0 aliphatic carbocycles. The van der Waals surface area contributed by atoms with Crippen LogP contribution in [0.25, 0.3) is 5.00 Å². The number of phenols is 1. The van der Waals surface area contributed by atoms with Gasteiger partial charge in [-0.05, 0) is 22.6 Å². The maximum absolute atomic E-state index is 11.1. The third-order valence-electron chi connectivity index (χ3n) is 3.71. The topological polar surface area (TPSA) is 119 Å². The van der Waals surface area contributed by atoms with E-state index < -0.39 is 4.92 Å². The Morgan fingerprint density at radius 3 is 2.74 bits per heavy atom. The number of rotatable bonds is 5. The maximum atomic E-state index is 11.1. The number of anilines is 1. The minimum atomic E-state index is -0.477. The normalized spacial score (nSPS) is 11.6. The molecule has 142 valence electrons. The minimum Gasteiger partial charge on any atom is -0.506 e. The van der Waals surface area contributed by atoms with Crippen LogP contribution in [0.15, 0.2) is 24.8 Å². The van der Waals surface area contributed by atoms with E-state index in [-0.39, 0.29) is 23.4 Å². The van der Waals surface area contributed by atoms with Crippen LogP contribution in [-0.4, -0.2) is 29.8 Å². The molecule has 2 N–H and O–H groups in total. The molecule has 0 saturated carbocycles. The van der Waals surface area contributed by atoms with Crippen LogP contribution in [0.4, 0.5) is 10.8 Å². The summed E-state index contributed by atoms with van der Waals surface area (Å²) in [6.45, 7) is 6.38. The average Bonchev–Trinajstić information content (AvgIpc) is 3.24. The molecule has 0 fully saturated rings. The van der Waals surface area contributed by atoms with E-state index in [4.69, 9.17) is 0 Å². The molecule has 0 aliphatic rings. The molecule has 2 heterocycles. The van der Waals surface area contributed by atoms with E-state index >= 15 is 0 Å². The van der Waals surface area contributed by atoms with Gasteiger partial charge < -0.3 is 10.4 Å². The Balaban J connectivity index is 1.91. The number of nitro benzene ring substituents is 1. The first-order chi connectivity index (χ1) is 12.7. The van der Waals surface area contributed by atoms with E-state index in [0.29, 0.717) is 14.3 Å². The molecule has 0 spiro atoms. The molecule has 0 unspecified atom stereocenters. The number of thiazole rings is 1. The average molecular weight is 500 g/mol. The molecule has 0 saturated heterocycles. The van der Waals surface area contributed by atoms with Crippen LogP contribution in [0, 0.1) is 13.7 Å². The molecule has 3 aromatic rings. The van der Waals surface area contributed by atoms with Crippen molar-refractivity contribution in [2.45, 2.75) is 32.7 Å². The van der Waals surface area contributed by atoms with Crippen LogP contribution in [0.2, 0.25) is 0 Å². The number of phenolic OH excluding ortho intramolecular Hbond substituents is 1. The zero-order chi connectivity index (χ0) is 19.8. The molecule has 27 heavy (non-hydrogen) atoms. The summed E-state index contributed by atoms with van der Waals surface area (Å²) in [4.78, 5) is 19.2. The van der Waals surface area contributed by atoms with Gasteiger partial charge in [0.05, 0.1) is 14.2 Å². The van der Waals surface area contributed by atoms with Gasteiger partial charge in [0.1, 0.15) is 23.4 Å². The van der Waals surface area contributed by atoms with Crippen molar-refractivity contribution in [3.05, 3.63) is 49.7 Å². The first kappa shape index (κ1) is 19.5. The Labute approximate surface area is 172 Å². The molecule has 1 aromatic carbocycles. The van der Waals surface area contributed by atoms with E-state index in [1.807, 2.05) is 22.6 Å². The molecular weight excluding hydrogens is 483 g/mol. The molecule has 0 bridgehead atoms. The lowest BCUT2D eigenvalue weighted by Crippen LogP contribution is -2.15. The van der Waals surface area contributed by atoms with Gasteiger partial charge in [0.25, 0.3) is 5.69 Å². The number of hydrogen-bond donors (Lipinski definition) is 2. The Morgan fingerprint density at radius 1 is 1.41 bits per heavy atom. The molecule has 0 aliphatic heterocycles. The Hall–Kier alpha value is -2.28. The SMILES string of the molecule is CC(C)(C)c1nc(NCc2cc([N+](=O)[O-])cc(I)c2O)sc1-n1cncn1. The number of benzene rings is 1. The second-order valence-electron chi connectivity index (χ2n) is 6.81. The molecule has 0 atom stereocenters. The van der Waals surface area contributed by atoms with Gasteiger partial charge in [0.2, 0.25) is 0 Å². The summed E-state index contributed by atoms with van der Waals surface area (Å²) in [5.41, 5.74) is 1.02. The fraction of sp³-hybridized carbons (Fsp3) is 0.312. The van der Waals surface area contributed by atoms with Gasteiger partial charge in [0, 0.05) is 29.7 Å². The lowest BCUT2D eigenvalue weighted by Gasteiger charge is -2.16. The second-order valence-corrected chi connectivity index (χ2v) is 8.95. The van der Waals surface area contributed by atoms with Crippen molar-refractivity contribution in [3.63, 3.8) is 0 Å². The van der Waals surface area contributed by atoms with Gasteiger partial charge in [-0.3, -0.25) is 10.1 Å². The van der Waals surface area contributed by atoms with Crippen LogP contribution < -0.4 is 5.32 Å². The van der Waals surface area contributed by atoms with Gasteiger partial charge in [-0.25, -0.2) is 14.6 Å². The van der Waals surface area contributed by atoms with E-state index in [2.05, 4.69) is 41.2 Å². The van der Waals surface area contributed by atoms with E-state index in [9.17, 15) is 15.2 Å². The minimum absolute atomic E-state index is 0.0257. The smallest absolute Gasteiger partial charge is 0.271 e. The van der Waals surface area contributed by atoms with Gasteiger partial charge >= 0.3 is 0 Å². The van der Waals surface area contributed by atoms with E-state index in [1.54, 1.807) is 11.0 Å². The van der Waals surface area contributed by atoms with Crippen LogP contribution in [0.3, 0.4) is 0 Å². The Bertz CT molecular complexity index is 981. The summed E-state index contributed by atoms with van der Waals surface area (Å²) < 4.78 is 2.09. The number of aromatic nitrogens is 4. The highest BCUT2D eigenvalue weighted by atomic mass is 127. The van der Waals surface area contributed by atoms with Crippen molar-refractivity contribution in [2.24, 2.45) is 0 Å². The summed E-state index contributed by atoms with van der Waals surface area (Å²) >= 11 is 3.28. The Kier molecular flexibility index (Phi) is 5.33. The number of hydrogen-bond acceptors (Lipinski definition) is 8. The van der Waals surface area contributed by atoms with Crippen LogP contribution in [-0.2, 0) is 12.0 Å². The molecule has 9 nitrogen and oxygen atoms in total. The zero-order valence-electron chi connectivity index (χ0n) is 14.8. The lowest BCUT2D eigenvalue weighted by molar-refractivity contribution is -0.385. The number of halogens is 1. The number of non-ortho nitro benzene ring substituents is 1. The van der Waals surface area contributed by atoms with Crippen molar-refractivity contribution in [3.8, 4) is 10.8 Å². The van der Waals surface area contributed by atoms with E-state index in [1.165, 1.54) is 29.8 Å². The van der Waals surface area contributed by atoms with Crippen LogP contribution in [0.5, 0.6) is 5.75 Å². The number of nitro groups is 1. The van der Waals surface area contributed by atoms with E-state index in [0.717, 1.165) is 10.7 Å². The van der Waals surface area contributed by atoms with Gasteiger partial charge in [-0.15, -0.1) is 0 Å². The number of nitrogens with one attached hydrogen (secondary N) is 1. The largest absolute Gasteiger partial charge is 0.506 e. The molecule has 3 rings (SSSR count). The van der Waals surface area contributed by atoms with Crippen molar-refractivity contribution < 1.29 is 10.0 Å². The zero-order valence-corrected chi connectivity index (χ0v) is 17.8. The summed E-state index contributed by atoms with van der Waals surface area (Å²) in [7, 11) is 0. The molecular formula is C16H17IN6O3S. The van der Waals surface area contributed by atoms with Crippen LogP contribution in [0.1, 0.15) is 32.0 Å². The molecule has 0 amide bonds. The third kappa shape index (κ3) is 4.18. The molecule has 2 aromatic heterocycles. The quantitative estimate of drug-likeness (QED) is 0.310. The highest BCUT2D eigenvalue weighted by Gasteiger charge is 2.25. The maximum Gasteiger partial charge on any atom is 0.271 e. The standard InChI is InChI=1S/C16H17IN6O3S/c1-16(2,3)13-14(22-8-18-7-20-22)27-15(21-13)19-6-9-4-10(23(25)26)5-11(17)12(9)24/h4-5,7-8,24H,6H2,1-3H3,(H,19,21). The molecule has 11 heteroatoms. The fourth-order valence-electron chi connectivity index (χ4n) is 2.40. The lowest BCUT2D eigenvalue weighted by atomic mass is 9.92. The second kappa shape index (κ2) is 7.38. The van der Waals surface area contributed by atoms with Crippen molar-refractivity contribution in [2.75, 3.05) is 5.32 Å². The highest BCUT2D eigenvalue weighted by molar-refractivity contribution is 14.1. The van der Waals surface area contributed by atoms with Gasteiger partial charge in [-0.1, -0.05) is 32.1 Å². The summed E-state index contributed by atoms with van der Waals surface area (Å²) in [5.74, 6) is 0.0257. The predicted molar refractivity (Wildman–Crippen MR) is 111 cm³/mol. The fourth-order valence-corrected chi connectivity index (χ4v) is 4.16.